The van der Waals surface area contributed by atoms with Crippen LogP contribution in [0, 0.1) is 5.92 Å². The minimum Gasteiger partial charge on any atom is -0.477 e. The number of nitrogens with zero attached hydrogens (tertiary/aromatic N) is 1. The fourth-order valence-corrected chi connectivity index (χ4v) is 2.60. The van der Waals surface area contributed by atoms with Crippen LogP contribution in [0.4, 0.5) is 0 Å². The molecule has 1 aliphatic rings. The van der Waals surface area contributed by atoms with Gasteiger partial charge in [-0.2, -0.15) is 4.98 Å². The molecule has 1 unspecified atom stereocenters. The van der Waals surface area contributed by atoms with E-state index in [0.717, 1.165) is 16.5 Å². The van der Waals surface area contributed by atoms with Gasteiger partial charge in [-0.15, -0.1) is 0 Å². The Kier molecular flexibility index (Phi) is 5.48. The lowest BCUT2D eigenvalue weighted by molar-refractivity contribution is 0.251. The predicted molar refractivity (Wildman–Crippen MR) is 94.6 cm³/mol. The van der Waals surface area contributed by atoms with Gasteiger partial charge in [0, 0.05) is 12.0 Å². The van der Waals surface area contributed by atoms with Crippen LogP contribution in [0.5, 0.6) is 11.8 Å². The van der Waals surface area contributed by atoms with Crippen LogP contribution < -0.4 is 9.47 Å². The van der Waals surface area contributed by atoms with Crippen LogP contribution in [0.3, 0.4) is 0 Å². The third kappa shape index (κ3) is 4.70. The second kappa shape index (κ2) is 7.97. The third-order valence-corrected chi connectivity index (χ3v) is 4.12. The van der Waals surface area contributed by atoms with E-state index in [9.17, 15) is 0 Å². The topological polar surface area (TPSA) is 31.4 Å². The summed E-state index contributed by atoms with van der Waals surface area (Å²) in [6.07, 6.45) is 9.43. The first kappa shape index (κ1) is 15.8. The minimum atomic E-state index is 0.402. The number of rotatable bonds is 6. The largest absolute Gasteiger partial charge is 0.477 e. The van der Waals surface area contributed by atoms with E-state index in [1.54, 1.807) is 0 Å². The Morgan fingerprint density at radius 2 is 1.91 bits per heavy atom. The Morgan fingerprint density at radius 3 is 2.70 bits per heavy atom. The van der Waals surface area contributed by atoms with Gasteiger partial charge in [0.05, 0.1) is 11.1 Å². The lowest BCUT2D eigenvalue weighted by Gasteiger charge is -2.14. The standard InChI is InChI=1S/C19H18BrNO2/c20-17-11-12-18(22-13-15-7-3-1-4-8-15)21-19(17)23-14-16-9-5-2-6-10-16/h1-7,9-12,15H,8,13-14H2. The lowest BCUT2D eigenvalue weighted by Crippen LogP contribution is -2.11. The fraction of sp³-hybridized carbons (Fsp3) is 0.211. The zero-order chi connectivity index (χ0) is 15.9. The van der Waals surface area contributed by atoms with E-state index in [0.29, 0.717) is 30.9 Å². The Balaban J connectivity index is 1.59. The number of halogens is 1. The molecule has 23 heavy (non-hydrogen) atoms. The quantitative estimate of drug-likeness (QED) is 0.720. The first-order chi connectivity index (χ1) is 11.3. The first-order valence-corrected chi connectivity index (χ1v) is 8.40. The van der Waals surface area contributed by atoms with Gasteiger partial charge in [0.2, 0.25) is 11.8 Å². The summed E-state index contributed by atoms with van der Waals surface area (Å²) in [4.78, 5) is 4.44. The van der Waals surface area contributed by atoms with Crippen LogP contribution in [0.2, 0.25) is 0 Å². The van der Waals surface area contributed by atoms with Crippen LogP contribution in [-0.2, 0) is 6.61 Å². The second-order valence-corrected chi connectivity index (χ2v) is 6.18. The molecule has 0 fully saturated rings. The molecule has 0 bridgehead atoms. The van der Waals surface area contributed by atoms with Gasteiger partial charge >= 0.3 is 0 Å². The van der Waals surface area contributed by atoms with Gasteiger partial charge in [0.25, 0.3) is 0 Å². The SMILES string of the molecule is Brc1ccc(OCC2C=CC=CC2)nc1OCc1ccccc1. The van der Waals surface area contributed by atoms with Crippen LogP contribution in [0.25, 0.3) is 0 Å². The summed E-state index contributed by atoms with van der Waals surface area (Å²) in [5, 5.41) is 0. The van der Waals surface area contributed by atoms with E-state index in [1.807, 2.05) is 42.5 Å². The average Bonchev–Trinajstić information content (AvgIpc) is 2.62. The molecule has 1 heterocycles. The highest BCUT2D eigenvalue weighted by molar-refractivity contribution is 9.10. The zero-order valence-electron chi connectivity index (χ0n) is 12.7. The Bertz CT molecular complexity index is 698. The van der Waals surface area contributed by atoms with Crippen molar-refractivity contribution in [2.24, 2.45) is 5.92 Å². The van der Waals surface area contributed by atoms with E-state index in [4.69, 9.17) is 9.47 Å². The van der Waals surface area contributed by atoms with Crippen molar-refractivity contribution >= 4 is 15.9 Å². The van der Waals surface area contributed by atoms with E-state index >= 15 is 0 Å². The van der Waals surface area contributed by atoms with Gasteiger partial charge in [-0.1, -0.05) is 54.6 Å². The molecule has 1 aliphatic carbocycles. The van der Waals surface area contributed by atoms with Gasteiger partial charge in [0.1, 0.15) is 6.61 Å². The van der Waals surface area contributed by atoms with Crippen molar-refractivity contribution in [3.8, 4) is 11.8 Å². The number of benzene rings is 1. The van der Waals surface area contributed by atoms with Crippen LogP contribution >= 0.6 is 15.9 Å². The van der Waals surface area contributed by atoms with Crippen molar-refractivity contribution in [1.82, 2.24) is 4.98 Å². The highest BCUT2D eigenvalue weighted by Gasteiger charge is 2.10. The highest BCUT2D eigenvalue weighted by atomic mass is 79.9. The molecule has 3 nitrogen and oxygen atoms in total. The van der Waals surface area contributed by atoms with Crippen LogP contribution in [0.1, 0.15) is 12.0 Å². The number of pyridine rings is 1. The van der Waals surface area contributed by atoms with Crippen molar-refractivity contribution < 1.29 is 9.47 Å². The maximum Gasteiger partial charge on any atom is 0.231 e. The maximum absolute atomic E-state index is 5.80. The van der Waals surface area contributed by atoms with Gasteiger partial charge in [-0.25, -0.2) is 0 Å². The van der Waals surface area contributed by atoms with Crippen molar-refractivity contribution in [3.05, 3.63) is 76.8 Å². The second-order valence-electron chi connectivity index (χ2n) is 5.33. The molecular weight excluding hydrogens is 354 g/mol. The fourth-order valence-electron chi connectivity index (χ4n) is 2.26. The Morgan fingerprint density at radius 1 is 1.04 bits per heavy atom. The Hall–Kier alpha value is -2.07. The molecule has 4 heteroatoms. The lowest BCUT2D eigenvalue weighted by atomic mass is 10.0. The summed E-state index contributed by atoms with van der Waals surface area (Å²) in [7, 11) is 0. The Labute approximate surface area is 144 Å². The summed E-state index contributed by atoms with van der Waals surface area (Å²) < 4.78 is 12.4. The average molecular weight is 372 g/mol. The number of aromatic nitrogens is 1. The van der Waals surface area contributed by atoms with Crippen LogP contribution in [-0.4, -0.2) is 11.6 Å². The first-order valence-electron chi connectivity index (χ1n) is 7.60. The molecule has 0 saturated heterocycles. The summed E-state index contributed by atoms with van der Waals surface area (Å²) in [5.41, 5.74) is 1.10. The van der Waals surface area contributed by atoms with Crippen LogP contribution in [0.15, 0.2) is 71.2 Å². The number of hydrogen-bond donors (Lipinski definition) is 0. The number of hydrogen-bond acceptors (Lipinski definition) is 3. The van der Waals surface area contributed by atoms with Crippen molar-refractivity contribution in [2.45, 2.75) is 13.0 Å². The molecule has 3 rings (SSSR count). The summed E-state index contributed by atoms with van der Waals surface area (Å²) in [5.74, 6) is 1.53. The van der Waals surface area contributed by atoms with Gasteiger partial charge < -0.3 is 9.47 Å². The van der Waals surface area contributed by atoms with Crippen molar-refractivity contribution in [2.75, 3.05) is 6.61 Å². The molecule has 1 atom stereocenters. The van der Waals surface area contributed by atoms with Crippen molar-refractivity contribution in [1.29, 1.82) is 0 Å². The summed E-state index contributed by atoms with van der Waals surface area (Å²) in [6.45, 7) is 1.10. The maximum atomic E-state index is 5.80. The molecule has 1 aromatic heterocycles. The normalized spacial score (nSPS) is 16.3. The molecule has 118 valence electrons. The summed E-state index contributed by atoms with van der Waals surface area (Å²) in [6, 6.07) is 13.8. The number of ether oxygens (including phenoxy) is 2. The molecule has 0 spiro atoms. The van der Waals surface area contributed by atoms with E-state index in [2.05, 4.69) is 45.2 Å². The van der Waals surface area contributed by atoms with Gasteiger partial charge in [0.15, 0.2) is 0 Å². The molecule has 0 saturated carbocycles. The molecular formula is C19H18BrNO2. The molecule has 0 amide bonds. The van der Waals surface area contributed by atoms with E-state index < -0.39 is 0 Å². The molecule has 0 radical (unpaired) electrons. The predicted octanol–water partition coefficient (Wildman–Crippen LogP) is 4.93. The van der Waals surface area contributed by atoms with Gasteiger partial charge in [-0.05, 0) is 34.0 Å². The minimum absolute atomic E-state index is 0.402. The zero-order valence-corrected chi connectivity index (χ0v) is 14.3. The summed E-state index contributed by atoms with van der Waals surface area (Å²) >= 11 is 3.47. The van der Waals surface area contributed by atoms with Crippen molar-refractivity contribution in [3.63, 3.8) is 0 Å². The molecule has 1 aromatic carbocycles. The third-order valence-electron chi connectivity index (χ3n) is 3.52. The van der Waals surface area contributed by atoms with Gasteiger partial charge in [-0.3, -0.25) is 0 Å². The number of allylic oxidation sites excluding steroid dienone is 3. The smallest absolute Gasteiger partial charge is 0.231 e. The van der Waals surface area contributed by atoms with E-state index in [-0.39, 0.29) is 0 Å². The molecule has 0 aliphatic heterocycles. The monoisotopic (exact) mass is 371 g/mol. The highest BCUT2D eigenvalue weighted by Crippen LogP contribution is 2.26. The molecule has 2 aromatic rings. The molecule has 0 N–H and O–H groups in total. The van der Waals surface area contributed by atoms with E-state index in [1.165, 1.54) is 0 Å².